The molecular weight excluding hydrogens is 209 g/mol. The van der Waals surface area contributed by atoms with E-state index in [0.717, 1.165) is 5.52 Å². The average molecular weight is 217 g/mol. The van der Waals surface area contributed by atoms with Crippen molar-refractivity contribution < 1.29 is 8.91 Å². The van der Waals surface area contributed by atoms with Crippen LogP contribution < -0.4 is 5.73 Å². The standard InChI is InChI=1S/C11H8FN3O/c12-7-2-1-3-8-6(7)4-9(14-8)10-5-11(13)16-15-10/h1-5,14H,13H2. The molecule has 0 aliphatic carbocycles. The number of fused-ring (bicyclic) bond motifs is 1. The number of nitrogens with zero attached hydrogens (tertiary/aromatic N) is 1. The van der Waals surface area contributed by atoms with Crippen LogP contribution in [0.5, 0.6) is 0 Å². The van der Waals surface area contributed by atoms with Crippen molar-refractivity contribution in [2.24, 2.45) is 0 Å². The number of aromatic amines is 1. The van der Waals surface area contributed by atoms with Crippen molar-refractivity contribution in [3.8, 4) is 11.4 Å². The highest BCUT2D eigenvalue weighted by Gasteiger charge is 2.09. The molecule has 0 amide bonds. The third kappa shape index (κ3) is 1.25. The van der Waals surface area contributed by atoms with Gasteiger partial charge < -0.3 is 15.2 Å². The van der Waals surface area contributed by atoms with Crippen LogP contribution in [0, 0.1) is 5.82 Å². The molecule has 16 heavy (non-hydrogen) atoms. The van der Waals surface area contributed by atoms with Crippen LogP contribution in [0.15, 0.2) is 34.9 Å². The van der Waals surface area contributed by atoms with Gasteiger partial charge in [0, 0.05) is 17.0 Å². The summed E-state index contributed by atoms with van der Waals surface area (Å²) in [5.74, 6) is -0.0365. The van der Waals surface area contributed by atoms with Crippen molar-refractivity contribution in [2.75, 3.05) is 5.73 Å². The summed E-state index contributed by atoms with van der Waals surface area (Å²) >= 11 is 0. The summed E-state index contributed by atoms with van der Waals surface area (Å²) in [5.41, 5.74) is 7.39. The Bertz CT molecular complexity index is 656. The van der Waals surface area contributed by atoms with Crippen LogP contribution in [0.4, 0.5) is 10.3 Å². The van der Waals surface area contributed by atoms with Gasteiger partial charge in [-0.2, -0.15) is 0 Å². The normalized spacial score (nSPS) is 11.1. The molecule has 2 heterocycles. The highest BCUT2D eigenvalue weighted by Crippen LogP contribution is 2.25. The molecule has 1 aromatic carbocycles. The second-order valence-electron chi connectivity index (χ2n) is 3.50. The molecule has 0 bridgehead atoms. The number of nitrogens with one attached hydrogen (secondary N) is 1. The Morgan fingerprint density at radius 3 is 2.88 bits per heavy atom. The van der Waals surface area contributed by atoms with E-state index in [1.807, 2.05) is 0 Å². The first-order chi connectivity index (χ1) is 7.74. The summed E-state index contributed by atoms with van der Waals surface area (Å²) in [4.78, 5) is 3.05. The number of aromatic nitrogens is 2. The van der Waals surface area contributed by atoms with E-state index in [-0.39, 0.29) is 11.7 Å². The Labute approximate surface area is 89.9 Å². The number of nitrogen functional groups attached to an aromatic ring is 1. The summed E-state index contributed by atoms with van der Waals surface area (Å²) < 4.78 is 18.2. The van der Waals surface area contributed by atoms with E-state index in [9.17, 15) is 4.39 Å². The first kappa shape index (κ1) is 8.96. The van der Waals surface area contributed by atoms with Crippen LogP contribution in [0.1, 0.15) is 0 Å². The monoisotopic (exact) mass is 217 g/mol. The Morgan fingerprint density at radius 1 is 1.31 bits per heavy atom. The van der Waals surface area contributed by atoms with Crippen molar-refractivity contribution in [1.82, 2.24) is 10.1 Å². The van der Waals surface area contributed by atoms with E-state index >= 15 is 0 Å². The zero-order valence-electron chi connectivity index (χ0n) is 8.20. The minimum Gasteiger partial charge on any atom is -0.368 e. The van der Waals surface area contributed by atoms with Gasteiger partial charge >= 0.3 is 0 Å². The van der Waals surface area contributed by atoms with Gasteiger partial charge in [0.25, 0.3) is 0 Å². The van der Waals surface area contributed by atoms with Gasteiger partial charge in [0.2, 0.25) is 5.88 Å². The summed E-state index contributed by atoms with van der Waals surface area (Å²) in [6, 6.07) is 8.13. The largest absolute Gasteiger partial charge is 0.368 e. The Morgan fingerprint density at radius 2 is 2.19 bits per heavy atom. The quantitative estimate of drug-likeness (QED) is 0.658. The van der Waals surface area contributed by atoms with Gasteiger partial charge in [-0.3, -0.25) is 0 Å². The van der Waals surface area contributed by atoms with Gasteiger partial charge in [-0.05, 0) is 18.2 Å². The number of halogens is 1. The van der Waals surface area contributed by atoms with E-state index in [2.05, 4.69) is 10.1 Å². The van der Waals surface area contributed by atoms with Gasteiger partial charge in [-0.15, -0.1) is 0 Å². The summed E-state index contributed by atoms with van der Waals surface area (Å²) in [5, 5.41) is 4.28. The molecule has 0 fully saturated rings. The van der Waals surface area contributed by atoms with Gasteiger partial charge in [0.05, 0.1) is 5.69 Å². The molecule has 3 aromatic rings. The van der Waals surface area contributed by atoms with Crippen molar-refractivity contribution in [3.05, 3.63) is 36.1 Å². The maximum atomic E-state index is 13.4. The van der Waals surface area contributed by atoms with Crippen molar-refractivity contribution in [2.45, 2.75) is 0 Å². The van der Waals surface area contributed by atoms with E-state index in [4.69, 9.17) is 10.3 Å². The molecule has 2 aromatic heterocycles. The maximum absolute atomic E-state index is 13.4. The predicted molar refractivity (Wildman–Crippen MR) is 58.2 cm³/mol. The molecule has 3 rings (SSSR count). The number of nitrogens with two attached hydrogens (primary N) is 1. The van der Waals surface area contributed by atoms with Crippen molar-refractivity contribution in [1.29, 1.82) is 0 Å². The van der Waals surface area contributed by atoms with Crippen LogP contribution in [-0.4, -0.2) is 10.1 Å². The fourth-order valence-electron chi connectivity index (χ4n) is 1.67. The minimum atomic E-state index is -0.267. The molecule has 0 saturated carbocycles. The Hall–Kier alpha value is -2.30. The molecule has 3 N–H and O–H groups in total. The Balaban J connectivity index is 2.22. The van der Waals surface area contributed by atoms with Gasteiger partial charge in [0.1, 0.15) is 11.5 Å². The second-order valence-corrected chi connectivity index (χ2v) is 3.50. The Kier molecular flexibility index (Phi) is 1.73. The fourth-order valence-corrected chi connectivity index (χ4v) is 1.67. The van der Waals surface area contributed by atoms with E-state index in [0.29, 0.717) is 16.8 Å². The zero-order chi connectivity index (χ0) is 11.1. The topological polar surface area (TPSA) is 67.8 Å². The lowest BCUT2D eigenvalue weighted by Crippen LogP contribution is -1.76. The minimum absolute atomic E-state index is 0.231. The van der Waals surface area contributed by atoms with E-state index < -0.39 is 0 Å². The number of hydrogen-bond donors (Lipinski definition) is 2. The van der Waals surface area contributed by atoms with Crippen LogP contribution in [0.3, 0.4) is 0 Å². The van der Waals surface area contributed by atoms with Gasteiger partial charge in [-0.25, -0.2) is 4.39 Å². The summed E-state index contributed by atoms with van der Waals surface area (Å²) in [6.45, 7) is 0. The number of H-pyrrole nitrogens is 1. The molecule has 0 saturated heterocycles. The highest BCUT2D eigenvalue weighted by molar-refractivity contribution is 5.85. The summed E-state index contributed by atoms with van der Waals surface area (Å²) in [7, 11) is 0. The number of anilines is 1. The van der Waals surface area contributed by atoms with E-state index in [1.165, 1.54) is 6.07 Å². The first-order valence-electron chi connectivity index (χ1n) is 4.74. The lowest BCUT2D eigenvalue weighted by atomic mass is 10.2. The maximum Gasteiger partial charge on any atom is 0.222 e. The molecular formula is C11H8FN3O. The average Bonchev–Trinajstić information content (AvgIpc) is 2.84. The first-order valence-corrected chi connectivity index (χ1v) is 4.74. The van der Waals surface area contributed by atoms with Crippen LogP contribution >= 0.6 is 0 Å². The number of hydrogen-bond acceptors (Lipinski definition) is 3. The molecule has 5 heteroatoms. The summed E-state index contributed by atoms with van der Waals surface area (Å²) in [6.07, 6.45) is 0. The lowest BCUT2D eigenvalue weighted by molar-refractivity contribution is 0.439. The SMILES string of the molecule is Nc1cc(-c2cc3c(F)cccc3[nH]2)no1. The predicted octanol–water partition coefficient (Wildman–Crippen LogP) is 2.54. The molecule has 0 aliphatic rings. The molecule has 80 valence electrons. The fraction of sp³-hybridized carbons (Fsp3) is 0. The number of rotatable bonds is 1. The zero-order valence-corrected chi connectivity index (χ0v) is 8.20. The smallest absolute Gasteiger partial charge is 0.222 e. The van der Waals surface area contributed by atoms with Crippen LogP contribution in [0.25, 0.3) is 22.3 Å². The van der Waals surface area contributed by atoms with Crippen LogP contribution in [0.2, 0.25) is 0 Å². The lowest BCUT2D eigenvalue weighted by Gasteiger charge is -1.88. The third-order valence-corrected chi connectivity index (χ3v) is 2.42. The van der Waals surface area contributed by atoms with Gasteiger partial charge in [-0.1, -0.05) is 11.2 Å². The van der Waals surface area contributed by atoms with Crippen LogP contribution in [-0.2, 0) is 0 Å². The molecule has 4 nitrogen and oxygen atoms in total. The van der Waals surface area contributed by atoms with E-state index in [1.54, 1.807) is 24.3 Å². The van der Waals surface area contributed by atoms with Crippen molar-refractivity contribution >= 4 is 16.8 Å². The molecule has 0 atom stereocenters. The molecule has 0 radical (unpaired) electrons. The highest BCUT2D eigenvalue weighted by atomic mass is 19.1. The number of benzene rings is 1. The third-order valence-electron chi connectivity index (χ3n) is 2.42. The van der Waals surface area contributed by atoms with Gasteiger partial charge in [0.15, 0.2) is 0 Å². The second kappa shape index (κ2) is 3.10. The molecule has 0 spiro atoms. The van der Waals surface area contributed by atoms with Crippen molar-refractivity contribution in [3.63, 3.8) is 0 Å². The molecule has 0 unspecified atom stereocenters. The molecule has 0 aliphatic heterocycles.